The molecule has 2 aliphatic rings. The zero-order chi connectivity index (χ0) is 19.0. The first-order chi connectivity index (χ1) is 13.0. The van der Waals surface area contributed by atoms with Gasteiger partial charge >= 0.3 is 0 Å². The van der Waals surface area contributed by atoms with Gasteiger partial charge in [-0.3, -0.25) is 4.98 Å². The standard InChI is InChI=1S/C19H21FN2O4S/c1-25-18-7-4-13(20)9-19(18)27(23,24)22-14-5-6-15(22)11-17(10-14)26-16-3-2-8-21-12-16/h2-4,7-9,12,14-15,17H,5-6,10-11H2,1H3. The van der Waals surface area contributed by atoms with E-state index in [2.05, 4.69) is 4.98 Å². The smallest absolute Gasteiger partial charge is 0.247 e. The van der Waals surface area contributed by atoms with Crippen LogP contribution in [0.4, 0.5) is 4.39 Å². The average molecular weight is 392 g/mol. The van der Waals surface area contributed by atoms with Crippen LogP contribution in [0.1, 0.15) is 25.7 Å². The molecule has 2 saturated heterocycles. The van der Waals surface area contributed by atoms with Gasteiger partial charge in [0.2, 0.25) is 10.0 Å². The number of rotatable bonds is 5. The van der Waals surface area contributed by atoms with E-state index in [4.69, 9.17) is 9.47 Å². The van der Waals surface area contributed by atoms with Crippen molar-refractivity contribution in [1.29, 1.82) is 0 Å². The molecule has 1 aromatic heterocycles. The summed E-state index contributed by atoms with van der Waals surface area (Å²) in [5.74, 6) is 0.242. The second-order valence-corrected chi connectivity index (χ2v) is 8.73. The van der Waals surface area contributed by atoms with Crippen LogP contribution < -0.4 is 9.47 Å². The molecule has 1 aromatic carbocycles. The number of fused-ring (bicyclic) bond motifs is 2. The van der Waals surface area contributed by atoms with E-state index in [0.29, 0.717) is 18.6 Å². The number of nitrogens with zero attached hydrogens (tertiary/aromatic N) is 2. The molecular formula is C19H21FN2O4S. The van der Waals surface area contributed by atoms with Gasteiger partial charge in [0.25, 0.3) is 0 Å². The van der Waals surface area contributed by atoms with Crippen molar-refractivity contribution in [3.8, 4) is 11.5 Å². The molecule has 2 aliphatic heterocycles. The number of aromatic nitrogens is 1. The molecule has 3 heterocycles. The summed E-state index contributed by atoms with van der Waals surface area (Å²) >= 11 is 0. The number of halogens is 1. The number of pyridine rings is 1. The molecule has 0 radical (unpaired) electrons. The number of sulfonamides is 1. The summed E-state index contributed by atoms with van der Waals surface area (Å²) in [5, 5.41) is 0. The highest BCUT2D eigenvalue weighted by Crippen LogP contribution is 2.42. The van der Waals surface area contributed by atoms with Gasteiger partial charge in [-0.15, -0.1) is 0 Å². The van der Waals surface area contributed by atoms with Crippen molar-refractivity contribution in [2.75, 3.05) is 7.11 Å². The number of piperidine rings is 1. The van der Waals surface area contributed by atoms with Crippen LogP contribution in [0.15, 0.2) is 47.6 Å². The van der Waals surface area contributed by atoms with Gasteiger partial charge in [0, 0.05) is 31.1 Å². The molecule has 0 aliphatic carbocycles. The first kappa shape index (κ1) is 18.2. The maximum atomic E-state index is 13.7. The molecule has 2 bridgehead atoms. The first-order valence-electron chi connectivity index (χ1n) is 8.93. The molecule has 2 aromatic rings. The van der Waals surface area contributed by atoms with E-state index in [1.807, 2.05) is 6.07 Å². The van der Waals surface area contributed by atoms with Crippen LogP contribution in [0.5, 0.6) is 11.5 Å². The highest BCUT2D eigenvalue weighted by Gasteiger charge is 2.48. The van der Waals surface area contributed by atoms with Crippen molar-refractivity contribution in [3.63, 3.8) is 0 Å². The Bertz CT molecular complexity index is 909. The third-order valence-electron chi connectivity index (χ3n) is 5.24. The third-order valence-corrected chi connectivity index (χ3v) is 7.27. The van der Waals surface area contributed by atoms with Gasteiger partial charge < -0.3 is 9.47 Å². The Kier molecular flexibility index (Phi) is 4.77. The molecule has 2 unspecified atom stereocenters. The molecule has 2 fully saturated rings. The van der Waals surface area contributed by atoms with Crippen molar-refractivity contribution < 1.29 is 22.3 Å². The first-order valence-corrected chi connectivity index (χ1v) is 10.4. The molecule has 0 saturated carbocycles. The van der Waals surface area contributed by atoms with Crippen LogP contribution in [0.25, 0.3) is 0 Å². The van der Waals surface area contributed by atoms with Crippen molar-refractivity contribution in [2.45, 2.75) is 48.8 Å². The number of hydrogen-bond donors (Lipinski definition) is 0. The Balaban J connectivity index is 1.58. The summed E-state index contributed by atoms with van der Waals surface area (Å²) in [6, 6.07) is 6.90. The van der Waals surface area contributed by atoms with Gasteiger partial charge in [-0.25, -0.2) is 12.8 Å². The van der Waals surface area contributed by atoms with Crippen LogP contribution in [0, 0.1) is 5.82 Å². The van der Waals surface area contributed by atoms with Crippen LogP contribution in [0.2, 0.25) is 0 Å². The monoisotopic (exact) mass is 392 g/mol. The fraction of sp³-hybridized carbons (Fsp3) is 0.421. The Morgan fingerprint density at radius 1 is 1.19 bits per heavy atom. The van der Waals surface area contributed by atoms with Crippen molar-refractivity contribution in [2.24, 2.45) is 0 Å². The predicted octanol–water partition coefficient (Wildman–Crippen LogP) is 2.99. The summed E-state index contributed by atoms with van der Waals surface area (Å²) in [6.45, 7) is 0. The Morgan fingerprint density at radius 2 is 1.93 bits per heavy atom. The maximum absolute atomic E-state index is 13.7. The minimum Gasteiger partial charge on any atom is -0.495 e. The molecule has 0 spiro atoms. The van der Waals surface area contributed by atoms with Crippen LogP contribution >= 0.6 is 0 Å². The molecule has 4 rings (SSSR count). The van der Waals surface area contributed by atoms with Crippen molar-refractivity contribution in [3.05, 3.63) is 48.5 Å². The fourth-order valence-electron chi connectivity index (χ4n) is 4.15. The number of benzene rings is 1. The van der Waals surface area contributed by atoms with Crippen LogP contribution in [-0.2, 0) is 10.0 Å². The summed E-state index contributed by atoms with van der Waals surface area (Å²) < 4.78 is 53.0. The molecule has 0 amide bonds. The molecule has 144 valence electrons. The molecule has 27 heavy (non-hydrogen) atoms. The average Bonchev–Trinajstić information content (AvgIpc) is 2.95. The summed E-state index contributed by atoms with van der Waals surface area (Å²) in [6.07, 6.45) is 6.02. The Labute approximate surface area is 158 Å². The summed E-state index contributed by atoms with van der Waals surface area (Å²) in [7, 11) is -2.48. The van der Waals surface area contributed by atoms with Crippen LogP contribution in [0.3, 0.4) is 0 Å². The third kappa shape index (κ3) is 3.39. The van der Waals surface area contributed by atoms with Gasteiger partial charge in [0.15, 0.2) is 0 Å². The predicted molar refractivity (Wildman–Crippen MR) is 96.7 cm³/mol. The minimum absolute atomic E-state index is 0.0624. The highest BCUT2D eigenvalue weighted by atomic mass is 32.2. The molecular weight excluding hydrogens is 371 g/mol. The van der Waals surface area contributed by atoms with E-state index < -0.39 is 15.8 Å². The SMILES string of the molecule is COc1ccc(F)cc1S(=O)(=O)N1C2CCC1CC(Oc1cccnc1)C2. The van der Waals surface area contributed by atoms with E-state index in [1.54, 1.807) is 18.5 Å². The number of ether oxygens (including phenoxy) is 2. The number of methoxy groups -OCH3 is 1. The second-order valence-electron chi connectivity index (χ2n) is 6.92. The van der Waals surface area contributed by atoms with Crippen LogP contribution in [-0.4, -0.2) is 43.0 Å². The van der Waals surface area contributed by atoms with Gasteiger partial charge in [0.05, 0.1) is 13.3 Å². The second kappa shape index (κ2) is 7.09. The Morgan fingerprint density at radius 3 is 2.56 bits per heavy atom. The summed E-state index contributed by atoms with van der Waals surface area (Å²) in [5.41, 5.74) is 0. The normalized spacial score (nSPS) is 25.3. The lowest BCUT2D eigenvalue weighted by Crippen LogP contribution is -2.49. The molecule has 2 atom stereocenters. The van der Waals surface area contributed by atoms with E-state index >= 15 is 0 Å². The largest absolute Gasteiger partial charge is 0.495 e. The van der Waals surface area contributed by atoms with Gasteiger partial charge in [-0.2, -0.15) is 4.31 Å². The Hall–Kier alpha value is -2.19. The summed E-state index contributed by atoms with van der Waals surface area (Å²) in [4.78, 5) is 3.93. The topological polar surface area (TPSA) is 68.7 Å². The van der Waals surface area contributed by atoms with Gasteiger partial charge in [-0.1, -0.05) is 0 Å². The van der Waals surface area contributed by atoms with E-state index in [0.717, 1.165) is 18.9 Å². The van der Waals surface area contributed by atoms with Gasteiger partial charge in [-0.05, 0) is 43.2 Å². The zero-order valence-corrected chi connectivity index (χ0v) is 15.7. The van der Waals surface area contributed by atoms with Crippen molar-refractivity contribution >= 4 is 10.0 Å². The lowest BCUT2D eigenvalue weighted by molar-refractivity contribution is 0.0952. The van der Waals surface area contributed by atoms with E-state index in [9.17, 15) is 12.8 Å². The zero-order valence-electron chi connectivity index (χ0n) is 14.9. The highest BCUT2D eigenvalue weighted by molar-refractivity contribution is 7.89. The quantitative estimate of drug-likeness (QED) is 0.783. The van der Waals surface area contributed by atoms with E-state index in [1.165, 1.54) is 23.5 Å². The number of hydrogen-bond acceptors (Lipinski definition) is 5. The van der Waals surface area contributed by atoms with Gasteiger partial charge in [0.1, 0.15) is 28.3 Å². The lowest BCUT2D eigenvalue weighted by atomic mass is 10.0. The van der Waals surface area contributed by atoms with Crippen molar-refractivity contribution in [1.82, 2.24) is 9.29 Å². The van der Waals surface area contributed by atoms with E-state index in [-0.39, 0.29) is 28.8 Å². The lowest BCUT2D eigenvalue weighted by Gasteiger charge is -2.37. The fourth-order valence-corrected chi connectivity index (χ4v) is 6.21. The maximum Gasteiger partial charge on any atom is 0.247 e. The molecule has 6 nitrogen and oxygen atoms in total. The minimum atomic E-state index is -3.86. The molecule has 8 heteroatoms. The molecule has 0 N–H and O–H groups in total.